The van der Waals surface area contributed by atoms with Crippen LogP contribution in [0.15, 0.2) is 53.6 Å². The van der Waals surface area contributed by atoms with Gasteiger partial charge in [0.2, 0.25) is 5.69 Å². The predicted octanol–water partition coefficient (Wildman–Crippen LogP) is 3.32. The molecule has 2 aromatic carbocycles. The number of carboxylic acid groups (broad SMARTS) is 1. The Kier molecular flexibility index (Phi) is 3.95. The lowest BCUT2D eigenvalue weighted by Gasteiger charge is -2.01. The molecule has 6 heteroatoms. The number of carboxylic acids is 1. The number of hydrogen-bond acceptors (Lipinski definition) is 4. The van der Waals surface area contributed by atoms with Gasteiger partial charge in [-0.05, 0) is 36.4 Å². The van der Waals surface area contributed by atoms with Gasteiger partial charge < -0.3 is 15.1 Å². The fourth-order valence-electron chi connectivity index (χ4n) is 1.54. The molecule has 0 spiro atoms. The Morgan fingerprint density at radius 1 is 1.15 bits per heavy atom. The molecule has 2 aromatic rings. The highest BCUT2D eigenvalue weighted by atomic mass is 16.5. The van der Waals surface area contributed by atoms with Gasteiger partial charge in [0, 0.05) is 17.2 Å². The number of nitrogens with zero attached hydrogens (tertiary/aromatic N) is 2. The zero-order valence-electron chi connectivity index (χ0n) is 10.7. The Morgan fingerprint density at radius 2 is 1.75 bits per heavy atom. The summed E-state index contributed by atoms with van der Waals surface area (Å²) in [6, 6.07) is 12.2. The SMILES string of the molecule is COc1ccc(/N=[N+](\[O-])c2ccc(C(=O)O)cc2)cc1. The maximum Gasteiger partial charge on any atom is 0.335 e. The standard InChI is InChI=1S/C14H12N2O4/c1-20-13-8-4-11(5-9-13)15-16(19)12-6-2-10(3-7-12)14(17)18/h2-9H,1H3,(H,17,18)/b16-15-. The van der Waals surface area contributed by atoms with Crippen molar-refractivity contribution < 1.29 is 19.5 Å². The van der Waals surface area contributed by atoms with E-state index in [1.54, 1.807) is 31.4 Å². The van der Waals surface area contributed by atoms with Gasteiger partial charge in [-0.25, -0.2) is 4.79 Å². The molecule has 0 bridgehead atoms. The third kappa shape index (κ3) is 3.11. The first-order valence-corrected chi connectivity index (χ1v) is 5.76. The number of benzene rings is 2. The van der Waals surface area contributed by atoms with Crippen LogP contribution in [0.5, 0.6) is 5.75 Å². The lowest BCUT2D eigenvalue weighted by Crippen LogP contribution is -1.96. The fraction of sp³-hybridized carbons (Fsp3) is 0.0714. The average molecular weight is 272 g/mol. The first-order chi connectivity index (χ1) is 9.60. The predicted molar refractivity (Wildman–Crippen MR) is 71.8 cm³/mol. The van der Waals surface area contributed by atoms with Crippen LogP contribution in [-0.4, -0.2) is 23.0 Å². The van der Waals surface area contributed by atoms with Gasteiger partial charge in [0.25, 0.3) is 0 Å². The minimum Gasteiger partial charge on any atom is -0.594 e. The molecule has 0 unspecified atom stereocenters. The van der Waals surface area contributed by atoms with E-state index < -0.39 is 5.97 Å². The number of rotatable bonds is 4. The smallest absolute Gasteiger partial charge is 0.335 e. The van der Waals surface area contributed by atoms with E-state index in [4.69, 9.17) is 9.84 Å². The van der Waals surface area contributed by atoms with Gasteiger partial charge in [0.15, 0.2) is 0 Å². The minimum atomic E-state index is -1.04. The molecule has 0 aliphatic carbocycles. The normalized spacial score (nSPS) is 11.2. The Hall–Kier alpha value is -2.89. The first-order valence-electron chi connectivity index (χ1n) is 5.76. The summed E-state index contributed by atoms with van der Waals surface area (Å²) in [5.74, 6) is -0.367. The molecule has 20 heavy (non-hydrogen) atoms. The van der Waals surface area contributed by atoms with E-state index in [0.29, 0.717) is 16.3 Å². The Labute approximate surface area is 115 Å². The van der Waals surface area contributed by atoms with E-state index in [1.165, 1.54) is 24.3 Å². The Bertz CT molecular complexity index is 633. The number of carbonyl (C=O) groups is 1. The van der Waals surface area contributed by atoms with Crippen LogP contribution in [0.2, 0.25) is 0 Å². The third-order valence-electron chi connectivity index (χ3n) is 2.61. The lowest BCUT2D eigenvalue weighted by molar-refractivity contribution is -0.435. The van der Waals surface area contributed by atoms with Crippen LogP contribution in [0.3, 0.4) is 0 Å². The molecule has 0 atom stereocenters. The molecule has 0 radical (unpaired) electrons. The second kappa shape index (κ2) is 5.83. The van der Waals surface area contributed by atoms with Crippen molar-refractivity contribution in [2.24, 2.45) is 5.11 Å². The zero-order valence-corrected chi connectivity index (χ0v) is 10.7. The molecule has 1 N–H and O–H groups in total. The second-order valence-corrected chi connectivity index (χ2v) is 3.92. The van der Waals surface area contributed by atoms with Crippen LogP contribution in [0.1, 0.15) is 10.4 Å². The molecule has 0 aromatic heterocycles. The summed E-state index contributed by atoms with van der Waals surface area (Å²) in [4.78, 5) is 11.1. The fourth-order valence-corrected chi connectivity index (χ4v) is 1.54. The molecule has 0 aliphatic rings. The van der Waals surface area contributed by atoms with E-state index in [-0.39, 0.29) is 11.3 Å². The van der Waals surface area contributed by atoms with Gasteiger partial charge in [-0.2, -0.15) is 0 Å². The van der Waals surface area contributed by atoms with Crippen molar-refractivity contribution in [3.8, 4) is 5.75 Å². The van der Waals surface area contributed by atoms with Crippen molar-refractivity contribution in [1.29, 1.82) is 0 Å². The molecule has 6 nitrogen and oxygen atoms in total. The molecule has 2 rings (SSSR count). The summed E-state index contributed by atoms with van der Waals surface area (Å²) in [6.45, 7) is 0. The quantitative estimate of drug-likeness (QED) is 0.525. The summed E-state index contributed by atoms with van der Waals surface area (Å²) in [5, 5.41) is 24.4. The summed E-state index contributed by atoms with van der Waals surface area (Å²) < 4.78 is 5.01. The number of hydrogen-bond donors (Lipinski definition) is 1. The van der Waals surface area contributed by atoms with Gasteiger partial charge in [0.05, 0.1) is 12.7 Å². The summed E-state index contributed by atoms with van der Waals surface area (Å²) in [6.07, 6.45) is 0. The topological polar surface area (TPSA) is 85.0 Å². The molecule has 0 fully saturated rings. The van der Waals surface area contributed by atoms with Crippen molar-refractivity contribution >= 4 is 17.3 Å². The Balaban J connectivity index is 2.22. The second-order valence-electron chi connectivity index (χ2n) is 3.92. The number of methoxy groups -OCH3 is 1. The summed E-state index contributed by atoms with van der Waals surface area (Å²) in [7, 11) is 1.55. The van der Waals surface area contributed by atoms with E-state index in [0.717, 1.165) is 0 Å². The molecule has 0 saturated carbocycles. The highest BCUT2D eigenvalue weighted by Gasteiger charge is 2.07. The van der Waals surface area contributed by atoms with E-state index in [2.05, 4.69) is 5.11 Å². The van der Waals surface area contributed by atoms with Crippen LogP contribution in [0.4, 0.5) is 11.4 Å². The van der Waals surface area contributed by atoms with E-state index >= 15 is 0 Å². The monoisotopic (exact) mass is 272 g/mol. The largest absolute Gasteiger partial charge is 0.594 e. The van der Waals surface area contributed by atoms with Crippen LogP contribution in [-0.2, 0) is 0 Å². The minimum absolute atomic E-state index is 0.117. The first kappa shape index (κ1) is 13.5. The molecule has 102 valence electrons. The molecule has 0 saturated heterocycles. The van der Waals surface area contributed by atoms with Crippen molar-refractivity contribution in [3.63, 3.8) is 0 Å². The molecule has 0 heterocycles. The zero-order chi connectivity index (χ0) is 14.5. The third-order valence-corrected chi connectivity index (χ3v) is 2.61. The molecule has 0 amide bonds. The maximum absolute atomic E-state index is 11.8. The Morgan fingerprint density at radius 3 is 2.25 bits per heavy atom. The van der Waals surface area contributed by atoms with Crippen molar-refractivity contribution in [2.75, 3.05) is 7.11 Å². The number of ether oxygens (including phenoxy) is 1. The lowest BCUT2D eigenvalue weighted by atomic mass is 10.2. The van der Waals surface area contributed by atoms with Crippen LogP contribution in [0, 0.1) is 5.21 Å². The highest BCUT2D eigenvalue weighted by Crippen LogP contribution is 2.20. The molecular formula is C14H12N2O4. The summed E-state index contributed by atoms with van der Waals surface area (Å²) >= 11 is 0. The van der Waals surface area contributed by atoms with E-state index in [1.807, 2.05) is 0 Å². The van der Waals surface area contributed by atoms with Crippen LogP contribution >= 0.6 is 0 Å². The average Bonchev–Trinajstić information content (AvgIpc) is 2.48. The van der Waals surface area contributed by atoms with Gasteiger partial charge in [0.1, 0.15) is 11.4 Å². The van der Waals surface area contributed by atoms with Gasteiger partial charge in [-0.3, -0.25) is 0 Å². The highest BCUT2D eigenvalue weighted by molar-refractivity contribution is 5.87. The maximum atomic E-state index is 11.8. The van der Waals surface area contributed by atoms with Crippen LogP contribution < -0.4 is 4.74 Å². The van der Waals surface area contributed by atoms with Crippen molar-refractivity contribution in [2.45, 2.75) is 0 Å². The number of aromatic carboxylic acids is 1. The van der Waals surface area contributed by atoms with E-state index in [9.17, 15) is 10.0 Å². The van der Waals surface area contributed by atoms with Crippen molar-refractivity contribution in [1.82, 2.24) is 0 Å². The van der Waals surface area contributed by atoms with Gasteiger partial charge >= 0.3 is 5.97 Å². The summed E-state index contributed by atoms with van der Waals surface area (Å²) in [5.41, 5.74) is 0.848. The van der Waals surface area contributed by atoms with Crippen LogP contribution in [0.25, 0.3) is 0 Å². The van der Waals surface area contributed by atoms with Crippen molar-refractivity contribution in [3.05, 3.63) is 59.3 Å². The number of azo groups is 1. The molecular weight excluding hydrogens is 260 g/mol. The molecule has 0 aliphatic heterocycles. The van der Waals surface area contributed by atoms with Gasteiger partial charge in [-0.1, -0.05) is 4.86 Å². The van der Waals surface area contributed by atoms with Gasteiger partial charge in [-0.15, -0.1) is 0 Å².